The van der Waals surface area contributed by atoms with E-state index in [4.69, 9.17) is 4.74 Å². The number of ether oxygens (including phenoxy) is 1. The molecule has 21 heavy (non-hydrogen) atoms. The first-order chi connectivity index (χ1) is 10.2. The molecule has 0 radical (unpaired) electrons. The van der Waals surface area contributed by atoms with E-state index in [0.29, 0.717) is 18.6 Å². The molecule has 2 N–H and O–H groups in total. The third-order valence-corrected chi connectivity index (χ3v) is 6.26. The SMILES string of the molecule is CCOC(=O)N1C2CC3CC1[C@H](O)C2NC3C1CCCC1. The summed E-state index contributed by atoms with van der Waals surface area (Å²) in [5, 5.41) is 14.3. The minimum Gasteiger partial charge on any atom is -0.450 e. The largest absolute Gasteiger partial charge is 0.450 e. The van der Waals surface area contributed by atoms with Crippen LogP contribution in [-0.2, 0) is 4.74 Å². The Morgan fingerprint density at radius 3 is 2.62 bits per heavy atom. The van der Waals surface area contributed by atoms with Crippen LogP contribution in [0.25, 0.3) is 0 Å². The Morgan fingerprint density at radius 2 is 1.90 bits per heavy atom. The Balaban J connectivity index is 1.55. The number of rotatable bonds is 2. The molecule has 3 heterocycles. The number of aliphatic hydroxyl groups is 1. The van der Waals surface area contributed by atoms with Crippen LogP contribution >= 0.6 is 0 Å². The lowest BCUT2D eigenvalue weighted by molar-refractivity contribution is 0.0241. The van der Waals surface area contributed by atoms with Gasteiger partial charge >= 0.3 is 6.09 Å². The van der Waals surface area contributed by atoms with E-state index in [-0.39, 0.29) is 24.2 Å². The van der Waals surface area contributed by atoms with Crippen molar-refractivity contribution in [2.45, 2.75) is 75.7 Å². The van der Waals surface area contributed by atoms with Gasteiger partial charge in [0.05, 0.1) is 30.8 Å². The second kappa shape index (κ2) is 5.13. The molecule has 4 fully saturated rings. The lowest BCUT2D eigenvalue weighted by Crippen LogP contribution is -2.61. The molecule has 118 valence electrons. The molecule has 1 saturated carbocycles. The van der Waals surface area contributed by atoms with Crippen molar-refractivity contribution >= 4 is 6.09 Å². The van der Waals surface area contributed by atoms with Crippen molar-refractivity contribution in [3.8, 4) is 0 Å². The number of carbonyl (C=O) groups is 1. The van der Waals surface area contributed by atoms with Crippen LogP contribution in [0.2, 0.25) is 0 Å². The molecule has 0 spiro atoms. The number of carbonyl (C=O) groups excluding carboxylic acids is 1. The Hall–Kier alpha value is -0.810. The number of amides is 1. The van der Waals surface area contributed by atoms with Crippen molar-refractivity contribution in [2.75, 3.05) is 6.61 Å². The van der Waals surface area contributed by atoms with Crippen molar-refractivity contribution in [2.24, 2.45) is 11.8 Å². The second-order valence-electron chi connectivity index (χ2n) is 7.23. The number of nitrogens with one attached hydrogen (secondary N) is 1. The quantitative estimate of drug-likeness (QED) is 0.810. The van der Waals surface area contributed by atoms with Crippen LogP contribution < -0.4 is 5.32 Å². The maximum absolute atomic E-state index is 12.2. The monoisotopic (exact) mass is 294 g/mol. The van der Waals surface area contributed by atoms with E-state index in [2.05, 4.69) is 5.32 Å². The van der Waals surface area contributed by atoms with Crippen LogP contribution in [0.5, 0.6) is 0 Å². The van der Waals surface area contributed by atoms with Gasteiger partial charge in [-0.25, -0.2) is 4.79 Å². The number of hydrogen-bond acceptors (Lipinski definition) is 4. The highest BCUT2D eigenvalue weighted by molar-refractivity contribution is 5.70. The van der Waals surface area contributed by atoms with E-state index in [1.807, 2.05) is 11.8 Å². The zero-order valence-corrected chi connectivity index (χ0v) is 12.7. The fourth-order valence-electron chi connectivity index (χ4n) is 5.45. The lowest BCUT2D eigenvalue weighted by Gasteiger charge is -2.47. The molecule has 3 bridgehead atoms. The predicted octanol–water partition coefficient (Wildman–Crippen LogP) is 1.50. The normalized spacial score (nSPS) is 45.3. The highest BCUT2D eigenvalue weighted by Gasteiger charge is 2.60. The molecule has 0 aromatic rings. The van der Waals surface area contributed by atoms with Gasteiger partial charge < -0.3 is 15.2 Å². The predicted molar refractivity (Wildman–Crippen MR) is 77.8 cm³/mol. The van der Waals surface area contributed by atoms with Crippen LogP contribution in [0.3, 0.4) is 0 Å². The summed E-state index contributed by atoms with van der Waals surface area (Å²) in [4.78, 5) is 14.0. The van der Waals surface area contributed by atoms with Crippen molar-refractivity contribution in [3.63, 3.8) is 0 Å². The standard InChI is InChI=1S/C16H26N2O3/c1-2-21-16(20)18-11-7-10-8-12(18)15(19)14(11)17-13(10)9-5-3-4-6-9/h9-15,17,19H,2-8H2,1H3/t10?,11?,12?,13?,14?,15-/m0/s1. The smallest absolute Gasteiger partial charge is 0.410 e. The van der Waals surface area contributed by atoms with E-state index < -0.39 is 6.10 Å². The average Bonchev–Trinajstić information content (AvgIpc) is 3.03. The van der Waals surface area contributed by atoms with Crippen LogP contribution in [0.15, 0.2) is 0 Å². The number of aliphatic hydroxyl groups excluding tert-OH is 1. The Bertz CT molecular complexity index is 422. The Labute approximate surface area is 126 Å². The lowest BCUT2D eigenvalue weighted by atomic mass is 9.76. The molecule has 4 aliphatic rings. The first-order valence-corrected chi connectivity index (χ1v) is 8.60. The summed E-state index contributed by atoms with van der Waals surface area (Å²) in [5.41, 5.74) is 0. The Kier molecular flexibility index (Phi) is 3.38. The first-order valence-electron chi connectivity index (χ1n) is 8.60. The van der Waals surface area contributed by atoms with Gasteiger partial charge in [0.1, 0.15) is 0 Å². The van der Waals surface area contributed by atoms with Crippen molar-refractivity contribution in [1.82, 2.24) is 10.2 Å². The fraction of sp³-hybridized carbons (Fsp3) is 0.938. The van der Waals surface area contributed by atoms with Gasteiger partial charge in [-0.1, -0.05) is 12.8 Å². The molecule has 4 rings (SSSR count). The van der Waals surface area contributed by atoms with Crippen molar-refractivity contribution in [3.05, 3.63) is 0 Å². The molecule has 5 unspecified atom stereocenters. The second-order valence-corrected chi connectivity index (χ2v) is 7.23. The van der Waals surface area contributed by atoms with E-state index >= 15 is 0 Å². The van der Waals surface area contributed by atoms with E-state index in [1.165, 1.54) is 25.7 Å². The van der Waals surface area contributed by atoms with E-state index in [1.54, 1.807) is 0 Å². The van der Waals surface area contributed by atoms with Gasteiger partial charge in [0.15, 0.2) is 0 Å². The Morgan fingerprint density at radius 1 is 1.19 bits per heavy atom. The summed E-state index contributed by atoms with van der Waals surface area (Å²) >= 11 is 0. The zero-order chi connectivity index (χ0) is 14.6. The molecular formula is C16H26N2O3. The van der Waals surface area contributed by atoms with E-state index in [0.717, 1.165) is 18.8 Å². The summed E-state index contributed by atoms with van der Waals surface area (Å²) in [6.45, 7) is 2.23. The van der Waals surface area contributed by atoms with E-state index in [9.17, 15) is 9.90 Å². The van der Waals surface area contributed by atoms with Crippen LogP contribution in [-0.4, -0.2) is 53.0 Å². The number of hydrogen-bond donors (Lipinski definition) is 2. The van der Waals surface area contributed by atoms with Crippen molar-refractivity contribution in [1.29, 1.82) is 0 Å². The van der Waals surface area contributed by atoms with Gasteiger partial charge in [-0.2, -0.15) is 0 Å². The third kappa shape index (κ3) is 2.00. The third-order valence-electron chi connectivity index (χ3n) is 6.26. The van der Waals surface area contributed by atoms with Gasteiger partial charge in [-0.05, 0) is 44.4 Å². The number of nitrogens with zero attached hydrogens (tertiary/aromatic N) is 1. The minimum atomic E-state index is -0.434. The number of piperidine rings is 2. The molecule has 3 aliphatic heterocycles. The summed E-state index contributed by atoms with van der Waals surface area (Å²) in [6.07, 6.45) is 6.65. The molecule has 1 amide bonds. The molecular weight excluding hydrogens is 268 g/mol. The van der Waals surface area contributed by atoms with Gasteiger partial charge in [0, 0.05) is 6.04 Å². The topological polar surface area (TPSA) is 61.8 Å². The summed E-state index contributed by atoms with van der Waals surface area (Å²) in [5.74, 6) is 1.39. The van der Waals surface area contributed by atoms with Gasteiger partial charge in [-0.3, -0.25) is 4.90 Å². The molecule has 0 aromatic carbocycles. The molecule has 3 saturated heterocycles. The molecule has 0 aromatic heterocycles. The highest BCUT2D eigenvalue weighted by Crippen LogP contribution is 2.47. The van der Waals surface area contributed by atoms with Crippen molar-refractivity contribution < 1.29 is 14.6 Å². The number of fused-ring (bicyclic) bond motifs is 2. The fourth-order valence-corrected chi connectivity index (χ4v) is 5.45. The molecule has 6 atom stereocenters. The van der Waals surface area contributed by atoms with Gasteiger partial charge in [0.25, 0.3) is 0 Å². The maximum atomic E-state index is 12.2. The maximum Gasteiger partial charge on any atom is 0.410 e. The summed E-state index contributed by atoms with van der Waals surface area (Å²) in [7, 11) is 0. The molecule has 5 nitrogen and oxygen atoms in total. The molecule has 1 aliphatic carbocycles. The first kappa shape index (κ1) is 13.8. The van der Waals surface area contributed by atoms with Crippen LogP contribution in [0.4, 0.5) is 4.79 Å². The van der Waals surface area contributed by atoms with Crippen LogP contribution in [0.1, 0.15) is 45.4 Å². The van der Waals surface area contributed by atoms with Gasteiger partial charge in [0.2, 0.25) is 0 Å². The minimum absolute atomic E-state index is 0.0447. The average molecular weight is 294 g/mol. The van der Waals surface area contributed by atoms with Gasteiger partial charge in [-0.15, -0.1) is 0 Å². The summed E-state index contributed by atoms with van der Waals surface area (Å²) < 4.78 is 5.19. The highest BCUT2D eigenvalue weighted by atomic mass is 16.6. The summed E-state index contributed by atoms with van der Waals surface area (Å²) in [6, 6.07) is 0.679. The zero-order valence-electron chi connectivity index (χ0n) is 12.7. The molecule has 5 heteroatoms. The van der Waals surface area contributed by atoms with Crippen LogP contribution in [0, 0.1) is 11.8 Å².